The van der Waals surface area contributed by atoms with E-state index in [1.165, 1.54) is 12.0 Å². The number of anilines is 1. The van der Waals surface area contributed by atoms with Gasteiger partial charge >= 0.3 is 5.97 Å². The number of hydrogen-bond acceptors (Lipinski definition) is 5. The van der Waals surface area contributed by atoms with Crippen LogP contribution in [0.15, 0.2) is 48.5 Å². The minimum absolute atomic E-state index is 0.120. The first kappa shape index (κ1) is 19.2. The predicted octanol–water partition coefficient (Wildman–Crippen LogP) is 3.84. The molecular weight excluding hydrogens is 370 g/mol. The zero-order valence-electron chi connectivity index (χ0n) is 16.5. The highest BCUT2D eigenvalue weighted by atomic mass is 16.5. The van der Waals surface area contributed by atoms with Gasteiger partial charge in [-0.25, -0.2) is 4.79 Å². The van der Waals surface area contributed by atoms with Crippen molar-refractivity contribution in [3.05, 3.63) is 54.1 Å². The molecule has 2 fully saturated rings. The Kier molecular flexibility index (Phi) is 5.09. The van der Waals surface area contributed by atoms with E-state index >= 15 is 0 Å². The minimum Gasteiger partial charge on any atom is -0.496 e. The fraction of sp³-hybridized carbons (Fsp3) is 0.348. The molecule has 1 saturated heterocycles. The highest BCUT2D eigenvalue weighted by molar-refractivity contribution is 6.22. The van der Waals surface area contributed by atoms with Gasteiger partial charge in [-0.2, -0.15) is 0 Å². The number of nitrogens with zero attached hydrogens (tertiary/aromatic N) is 1. The van der Waals surface area contributed by atoms with Gasteiger partial charge in [0.25, 0.3) is 0 Å². The molecule has 4 rings (SSSR count). The third-order valence-corrected chi connectivity index (χ3v) is 5.82. The highest BCUT2D eigenvalue weighted by Gasteiger charge is 2.49. The molecule has 150 valence electrons. The van der Waals surface area contributed by atoms with Crippen molar-refractivity contribution in [2.24, 2.45) is 17.8 Å². The molecule has 1 aliphatic heterocycles. The maximum Gasteiger partial charge on any atom is 0.347 e. The van der Waals surface area contributed by atoms with Crippen molar-refractivity contribution in [3.63, 3.8) is 0 Å². The number of para-hydroxylation sites is 1. The lowest BCUT2D eigenvalue weighted by atomic mass is 9.76. The van der Waals surface area contributed by atoms with Crippen molar-refractivity contribution in [2.45, 2.75) is 26.2 Å². The van der Waals surface area contributed by atoms with Crippen molar-refractivity contribution in [1.82, 2.24) is 0 Å². The molecule has 6 heteroatoms. The van der Waals surface area contributed by atoms with E-state index < -0.39 is 5.97 Å². The van der Waals surface area contributed by atoms with Gasteiger partial charge in [0.15, 0.2) is 0 Å². The number of methoxy groups -OCH3 is 1. The molecule has 3 atom stereocenters. The number of carbonyl (C=O) groups is 3. The Morgan fingerprint density at radius 1 is 0.966 bits per heavy atom. The van der Waals surface area contributed by atoms with Gasteiger partial charge in [0.2, 0.25) is 11.8 Å². The average molecular weight is 393 g/mol. The van der Waals surface area contributed by atoms with E-state index in [1.54, 1.807) is 48.5 Å². The largest absolute Gasteiger partial charge is 0.496 e. The number of ether oxygens (including phenoxy) is 2. The zero-order valence-corrected chi connectivity index (χ0v) is 16.5. The first-order chi connectivity index (χ1) is 14.0. The number of carbonyl (C=O) groups excluding carboxylic acids is 3. The van der Waals surface area contributed by atoms with Gasteiger partial charge in [-0.3, -0.25) is 14.5 Å². The molecular formula is C23H23NO5. The molecule has 6 nitrogen and oxygen atoms in total. The van der Waals surface area contributed by atoms with Crippen LogP contribution in [0.4, 0.5) is 5.69 Å². The molecule has 0 spiro atoms. The van der Waals surface area contributed by atoms with E-state index in [1.807, 2.05) is 0 Å². The molecule has 1 aliphatic carbocycles. The van der Waals surface area contributed by atoms with Crippen molar-refractivity contribution in [3.8, 4) is 11.5 Å². The van der Waals surface area contributed by atoms with Gasteiger partial charge in [-0.15, -0.1) is 0 Å². The van der Waals surface area contributed by atoms with E-state index in [-0.39, 0.29) is 23.7 Å². The third-order valence-electron chi connectivity index (χ3n) is 5.82. The summed E-state index contributed by atoms with van der Waals surface area (Å²) in [4.78, 5) is 39.3. The number of hydrogen-bond donors (Lipinski definition) is 0. The Balaban J connectivity index is 1.50. The third kappa shape index (κ3) is 3.50. The summed E-state index contributed by atoms with van der Waals surface area (Å²) in [5, 5.41) is 0. The van der Waals surface area contributed by atoms with Crippen LogP contribution in [-0.4, -0.2) is 24.9 Å². The number of amides is 2. The lowest BCUT2D eigenvalue weighted by molar-refractivity contribution is -0.122. The molecule has 2 aliphatic rings. The van der Waals surface area contributed by atoms with Gasteiger partial charge in [0, 0.05) is 0 Å². The molecule has 2 aromatic carbocycles. The van der Waals surface area contributed by atoms with E-state index in [0.717, 1.165) is 19.3 Å². The predicted molar refractivity (Wildman–Crippen MR) is 107 cm³/mol. The second-order valence-corrected chi connectivity index (χ2v) is 7.73. The lowest BCUT2D eigenvalue weighted by Crippen LogP contribution is -2.30. The molecule has 1 heterocycles. The number of imide groups is 1. The van der Waals surface area contributed by atoms with Crippen LogP contribution in [0, 0.1) is 17.8 Å². The Bertz CT molecular complexity index is 952. The maximum absolute atomic E-state index is 12.8. The van der Waals surface area contributed by atoms with Gasteiger partial charge in [0.05, 0.1) is 24.6 Å². The number of esters is 1. The quantitative estimate of drug-likeness (QED) is 0.448. The Hall–Kier alpha value is -3.15. The first-order valence-electron chi connectivity index (χ1n) is 9.82. The summed E-state index contributed by atoms with van der Waals surface area (Å²) in [5.41, 5.74) is 0.835. The fourth-order valence-electron chi connectivity index (χ4n) is 4.28. The summed E-state index contributed by atoms with van der Waals surface area (Å²) in [6.45, 7) is 2.13. The van der Waals surface area contributed by atoms with Gasteiger partial charge in [0.1, 0.15) is 17.1 Å². The van der Waals surface area contributed by atoms with Gasteiger partial charge in [-0.05, 0) is 61.6 Å². The van der Waals surface area contributed by atoms with Crippen LogP contribution in [0.1, 0.15) is 36.5 Å². The van der Waals surface area contributed by atoms with E-state index in [2.05, 4.69) is 6.92 Å². The second kappa shape index (κ2) is 7.70. The Morgan fingerprint density at radius 2 is 1.66 bits per heavy atom. The van der Waals surface area contributed by atoms with Crippen LogP contribution in [-0.2, 0) is 9.59 Å². The standard InChI is InChI=1S/C23H23NO5/c1-14-7-12-17-19(13-14)22(26)24(21(17)25)15-8-10-16(11-9-15)29-23(27)18-5-3-4-6-20(18)28-2/h3-6,8-11,14,17,19H,7,12-13H2,1-2H3/t14-,17+,19-/m0/s1. The van der Waals surface area contributed by atoms with Crippen LogP contribution >= 0.6 is 0 Å². The van der Waals surface area contributed by atoms with Crippen LogP contribution in [0.3, 0.4) is 0 Å². The summed E-state index contributed by atoms with van der Waals surface area (Å²) in [5.74, 6) is 0.0225. The van der Waals surface area contributed by atoms with Crippen LogP contribution in [0.5, 0.6) is 11.5 Å². The summed E-state index contributed by atoms with van der Waals surface area (Å²) < 4.78 is 10.6. The maximum atomic E-state index is 12.8. The molecule has 0 aromatic heterocycles. The van der Waals surface area contributed by atoms with Gasteiger partial charge in [-0.1, -0.05) is 19.1 Å². The van der Waals surface area contributed by atoms with E-state index in [4.69, 9.17) is 9.47 Å². The van der Waals surface area contributed by atoms with Crippen LogP contribution < -0.4 is 14.4 Å². The van der Waals surface area contributed by atoms with Crippen molar-refractivity contribution < 1.29 is 23.9 Å². The average Bonchev–Trinajstić information content (AvgIpc) is 2.98. The molecule has 0 N–H and O–H groups in total. The van der Waals surface area contributed by atoms with E-state index in [9.17, 15) is 14.4 Å². The number of fused-ring (bicyclic) bond motifs is 1. The minimum atomic E-state index is -0.538. The zero-order chi connectivity index (χ0) is 20.5. The van der Waals surface area contributed by atoms with Crippen molar-refractivity contribution in [2.75, 3.05) is 12.0 Å². The van der Waals surface area contributed by atoms with E-state index in [0.29, 0.717) is 28.7 Å². The first-order valence-corrected chi connectivity index (χ1v) is 9.82. The molecule has 1 saturated carbocycles. The normalized spacial score (nSPS) is 23.7. The molecule has 29 heavy (non-hydrogen) atoms. The molecule has 0 unspecified atom stereocenters. The van der Waals surface area contributed by atoms with Crippen molar-refractivity contribution in [1.29, 1.82) is 0 Å². The summed E-state index contributed by atoms with van der Waals surface area (Å²) in [6, 6.07) is 13.3. The summed E-state index contributed by atoms with van der Waals surface area (Å²) in [7, 11) is 1.49. The van der Waals surface area contributed by atoms with Crippen molar-refractivity contribution >= 4 is 23.5 Å². The number of benzene rings is 2. The lowest BCUT2D eigenvalue weighted by Gasteiger charge is -2.25. The molecule has 2 amide bonds. The fourth-order valence-corrected chi connectivity index (χ4v) is 4.28. The molecule has 0 bridgehead atoms. The Morgan fingerprint density at radius 3 is 2.38 bits per heavy atom. The molecule has 0 radical (unpaired) electrons. The smallest absolute Gasteiger partial charge is 0.347 e. The SMILES string of the molecule is COc1ccccc1C(=O)Oc1ccc(N2C(=O)[C@H]3C[C@@H](C)CC[C@H]3C2=O)cc1. The monoisotopic (exact) mass is 393 g/mol. The molecule has 2 aromatic rings. The highest BCUT2D eigenvalue weighted by Crippen LogP contribution is 2.42. The Labute approximate surface area is 169 Å². The second-order valence-electron chi connectivity index (χ2n) is 7.73. The number of rotatable bonds is 4. The summed E-state index contributed by atoms with van der Waals surface area (Å²) >= 11 is 0. The van der Waals surface area contributed by atoms with Gasteiger partial charge < -0.3 is 9.47 Å². The van der Waals surface area contributed by atoms with Crippen LogP contribution in [0.25, 0.3) is 0 Å². The summed E-state index contributed by atoms with van der Waals surface area (Å²) in [6.07, 6.45) is 2.51. The topological polar surface area (TPSA) is 72.9 Å². The van der Waals surface area contributed by atoms with Crippen LogP contribution in [0.2, 0.25) is 0 Å².